The minimum Gasteiger partial charge on any atom is -0.327 e. The second-order valence-electron chi connectivity index (χ2n) is 5.18. The van der Waals surface area contributed by atoms with Gasteiger partial charge in [-0.3, -0.25) is 0 Å². The van der Waals surface area contributed by atoms with E-state index in [-0.39, 0.29) is 5.02 Å². The molecule has 0 amide bonds. The van der Waals surface area contributed by atoms with E-state index in [1.807, 2.05) is 0 Å². The molecule has 1 fully saturated rings. The highest BCUT2D eigenvalue weighted by molar-refractivity contribution is 6.31. The molecule has 0 spiro atoms. The van der Waals surface area contributed by atoms with E-state index in [4.69, 9.17) is 23.2 Å². The van der Waals surface area contributed by atoms with E-state index in [1.165, 1.54) is 31.7 Å². The van der Waals surface area contributed by atoms with Crippen LogP contribution >= 0.6 is 23.2 Å². The van der Waals surface area contributed by atoms with Gasteiger partial charge in [0.2, 0.25) is 0 Å². The molecule has 1 aromatic carbocycles. The Hall–Kier alpha value is -0.800. The van der Waals surface area contributed by atoms with Gasteiger partial charge in [-0.1, -0.05) is 24.4 Å². The first-order valence-corrected chi connectivity index (χ1v) is 7.50. The zero-order valence-corrected chi connectivity index (χ0v) is 12.0. The summed E-state index contributed by atoms with van der Waals surface area (Å²) in [5.41, 5.74) is 1.52. The number of imidazole rings is 1. The highest BCUT2D eigenvalue weighted by atomic mass is 35.5. The van der Waals surface area contributed by atoms with E-state index in [9.17, 15) is 4.39 Å². The van der Waals surface area contributed by atoms with Crippen molar-refractivity contribution in [1.29, 1.82) is 0 Å². The molecule has 2 aromatic rings. The maximum Gasteiger partial charge on any atom is 0.144 e. The molecule has 0 atom stereocenters. The summed E-state index contributed by atoms with van der Waals surface area (Å²) < 4.78 is 15.7. The Balaban J connectivity index is 2.06. The van der Waals surface area contributed by atoms with Crippen LogP contribution in [0.5, 0.6) is 0 Å². The summed E-state index contributed by atoms with van der Waals surface area (Å²) in [6.45, 7) is 0.875. The molecule has 1 heterocycles. The Kier molecular flexibility index (Phi) is 3.68. The van der Waals surface area contributed by atoms with Crippen molar-refractivity contribution in [2.45, 2.75) is 38.1 Å². The first kappa shape index (κ1) is 13.2. The summed E-state index contributed by atoms with van der Waals surface area (Å²) in [5.74, 6) is 1.38. The third-order valence-corrected chi connectivity index (χ3v) is 4.43. The number of alkyl halides is 1. The number of nitrogens with zero attached hydrogens (tertiary/aromatic N) is 2. The van der Waals surface area contributed by atoms with Crippen LogP contribution in [0.3, 0.4) is 0 Å². The van der Waals surface area contributed by atoms with Gasteiger partial charge in [-0.05, 0) is 24.8 Å². The molecule has 0 bridgehead atoms. The average Bonchev–Trinajstić information content (AvgIpc) is 3.00. The molecular weight excluding hydrogens is 286 g/mol. The molecule has 102 valence electrons. The molecule has 3 rings (SSSR count). The SMILES string of the molecule is Fc1cc2c(cc1Cl)nc(CCl)n2CC1CCCC1. The predicted molar refractivity (Wildman–Crippen MR) is 76.2 cm³/mol. The molecule has 0 saturated heterocycles. The van der Waals surface area contributed by atoms with Gasteiger partial charge in [0, 0.05) is 12.6 Å². The van der Waals surface area contributed by atoms with Gasteiger partial charge in [-0.15, -0.1) is 11.6 Å². The van der Waals surface area contributed by atoms with Gasteiger partial charge in [0.15, 0.2) is 0 Å². The highest BCUT2D eigenvalue weighted by Crippen LogP contribution is 2.30. The van der Waals surface area contributed by atoms with Gasteiger partial charge in [0.05, 0.1) is 21.9 Å². The lowest BCUT2D eigenvalue weighted by Crippen LogP contribution is -2.10. The van der Waals surface area contributed by atoms with Gasteiger partial charge < -0.3 is 4.57 Å². The van der Waals surface area contributed by atoms with Gasteiger partial charge in [-0.2, -0.15) is 0 Å². The fourth-order valence-corrected chi connectivity index (χ4v) is 3.29. The Morgan fingerprint density at radius 3 is 2.74 bits per heavy atom. The molecule has 0 aliphatic heterocycles. The van der Waals surface area contributed by atoms with Crippen LogP contribution in [-0.4, -0.2) is 9.55 Å². The molecule has 2 nitrogen and oxygen atoms in total. The lowest BCUT2D eigenvalue weighted by atomic mass is 10.1. The van der Waals surface area contributed by atoms with Crippen molar-refractivity contribution in [3.8, 4) is 0 Å². The summed E-state index contributed by atoms with van der Waals surface area (Å²) in [6.07, 6.45) is 5.04. The van der Waals surface area contributed by atoms with Crippen molar-refractivity contribution < 1.29 is 4.39 Å². The zero-order chi connectivity index (χ0) is 13.4. The lowest BCUT2D eigenvalue weighted by Gasteiger charge is -2.13. The molecule has 5 heteroatoms. The van der Waals surface area contributed by atoms with E-state index in [1.54, 1.807) is 6.07 Å². The smallest absolute Gasteiger partial charge is 0.144 e. The molecule has 1 saturated carbocycles. The topological polar surface area (TPSA) is 17.8 Å². The monoisotopic (exact) mass is 300 g/mol. The van der Waals surface area contributed by atoms with E-state index in [2.05, 4.69) is 9.55 Å². The molecule has 1 aliphatic rings. The van der Waals surface area contributed by atoms with Crippen molar-refractivity contribution in [3.63, 3.8) is 0 Å². The normalized spacial score (nSPS) is 16.6. The quantitative estimate of drug-likeness (QED) is 0.747. The lowest BCUT2D eigenvalue weighted by molar-refractivity contribution is 0.457. The number of benzene rings is 1. The Morgan fingerprint density at radius 1 is 1.32 bits per heavy atom. The first-order chi connectivity index (χ1) is 9.19. The van der Waals surface area contributed by atoms with Crippen molar-refractivity contribution in [2.75, 3.05) is 0 Å². The number of rotatable bonds is 3. The standard InChI is InChI=1S/C14H15Cl2FN2/c15-7-14-18-12-5-10(16)11(17)6-13(12)19(14)8-9-3-1-2-4-9/h5-6,9H,1-4,7-8H2. The summed E-state index contributed by atoms with van der Waals surface area (Å²) in [6, 6.07) is 3.04. The minimum absolute atomic E-state index is 0.110. The van der Waals surface area contributed by atoms with Crippen molar-refractivity contribution in [1.82, 2.24) is 9.55 Å². The van der Waals surface area contributed by atoms with Gasteiger partial charge in [0.25, 0.3) is 0 Å². The zero-order valence-electron chi connectivity index (χ0n) is 10.5. The van der Waals surface area contributed by atoms with Crippen LogP contribution in [0.1, 0.15) is 31.5 Å². The number of halogens is 3. The Labute approximate surface area is 121 Å². The average molecular weight is 301 g/mol. The molecule has 0 radical (unpaired) electrons. The number of aromatic nitrogens is 2. The van der Waals surface area contributed by atoms with Crippen LogP contribution in [0.25, 0.3) is 11.0 Å². The minimum atomic E-state index is -0.400. The highest BCUT2D eigenvalue weighted by Gasteiger charge is 2.19. The Morgan fingerprint density at radius 2 is 2.05 bits per heavy atom. The van der Waals surface area contributed by atoms with Crippen LogP contribution in [-0.2, 0) is 12.4 Å². The fraction of sp³-hybridized carbons (Fsp3) is 0.500. The third kappa shape index (κ3) is 2.46. The van der Waals surface area contributed by atoms with Crippen LogP contribution in [0, 0.1) is 11.7 Å². The van der Waals surface area contributed by atoms with Crippen molar-refractivity contribution in [3.05, 3.63) is 28.8 Å². The van der Waals surface area contributed by atoms with E-state index in [0.29, 0.717) is 11.8 Å². The first-order valence-electron chi connectivity index (χ1n) is 6.59. The van der Waals surface area contributed by atoms with Crippen LogP contribution in [0.4, 0.5) is 4.39 Å². The van der Waals surface area contributed by atoms with E-state index >= 15 is 0 Å². The molecule has 19 heavy (non-hydrogen) atoms. The number of fused-ring (bicyclic) bond motifs is 1. The maximum atomic E-state index is 13.6. The molecule has 0 N–H and O–H groups in total. The van der Waals surface area contributed by atoms with Gasteiger partial charge in [-0.25, -0.2) is 9.37 Å². The number of hydrogen-bond donors (Lipinski definition) is 0. The van der Waals surface area contributed by atoms with Crippen LogP contribution in [0.15, 0.2) is 12.1 Å². The van der Waals surface area contributed by atoms with Gasteiger partial charge >= 0.3 is 0 Å². The summed E-state index contributed by atoms with van der Waals surface area (Å²) in [4.78, 5) is 4.46. The van der Waals surface area contributed by atoms with E-state index in [0.717, 1.165) is 23.4 Å². The van der Waals surface area contributed by atoms with Crippen LogP contribution < -0.4 is 0 Å². The van der Waals surface area contributed by atoms with Crippen LogP contribution in [0.2, 0.25) is 5.02 Å². The molecule has 0 unspecified atom stereocenters. The predicted octanol–water partition coefficient (Wildman–Crippen LogP) is 4.76. The summed E-state index contributed by atoms with van der Waals surface area (Å²) in [7, 11) is 0. The van der Waals surface area contributed by atoms with Crippen molar-refractivity contribution in [2.24, 2.45) is 5.92 Å². The summed E-state index contributed by atoms with van der Waals surface area (Å²) >= 11 is 11.8. The largest absolute Gasteiger partial charge is 0.327 e. The molecule has 1 aromatic heterocycles. The third-order valence-electron chi connectivity index (χ3n) is 3.90. The number of hydrogen-bond acceptors (Lipinski definition) is 1. The maximum absolute atomic E-state index is 13.6. The fourth-order valence-electron chi connectivity index (χ4n) is 2.93. The second-order valence-corrected chi connectivity index (χ2v) is 5.85. The molecular formula is C14H15Cl2FN2. The van der Waals surface area contributed by atoms with Crippen molar-refractivity contribution >= 4 is 34.2 Å². The van der Waals surface area contributed by atoms with Gasteiger partial charge in [0.1, 0.15) is 11.6 Å². The second kappa shape index (κ2) is 5.29. The van der Waals surface area contributed by atoms with E-state index < -0.39 is 5.82 Å². The Bertz CT molecular complexity index is 603. The molecule has 1 aliphatic carbocycles. The summed E-state index contributed by atoms with van der Waals surface area (Å²) in [5, 5.41) is 0.110.